The van der Waals surface area contributed by atoms with E-state index in [0.717, 1.165) is 18.2 Å². The summed E-state index contributed by atoms with van der Waals surface area (Å²) in [6.07, 6.45) is 1.44. The number of nitro groups is 1. The number of nitro benzene ring substituents is 1. The van der Waals surface area contributed by atoms with E-state index in [0.29, 0.717) is 17.0 Å². The van der Waals surface area contributed by atoms with Gasteiger partial charge in [0.2, 0.25) is 17.6 Å². The minimum Gasteiger partial charge on any atom is -0.430 e. The number of nitrogens with one attached hydrogen (secondary N) is 1. The number of aromatic nitrogens is 2. The Bertz CT molecular complexity index is 684. The number of nitrogens with zero attached hydrogens (tertiary/aromatic N) is 3. The lowest BCUT2D eigenvalue weighted by molar-refractivity contribution is -0.385. The van der Waals surface area contributed by atoms with E-state index in [2.05, 4.69) is 31.2 Å². The summed E-state index contributed by atoms with van der Waals surface area (Å²) in [5.41, 5.74) is -0.355. The van der Waals surface area contributed by atoms with Crippen LogP contribution in [0.3, 0.4) is 0 Å². The molecule has 110 valence electrons. The Morgan fingerprint density at radius 2 is 2.29 bits per heavy atom. The number of benzene rings is 1. The Hall–Kier alpha value is -2.29. The molecule has 1 aromatic heterocycles. The molecule has 7 nitrogen and oxygen atoms in total. The van der Waals surface area contributed by atoms with Gasteiger partial charge in [0.05, 0.1) is 15.6 Å². The van der Waals surface area contributed by atoms with Crippen molar-refractivity contribution in [3.8, 4) is 11.6 Å². The third-order valence-corrected chi connectivity index (χ3v) is 2.92. The van der Waals surface area contributed by atoms with Gasteiger partial charge in [-0.1, -0.05) is 0 Å². The van der Waals surface area contributed by atoms with E-state index in [1.807, 2.05) is 6.92 Å². The van der Waals surface area contributed by atoms with E-state index in [1.54, 1.807) is 0 Å². The molecule has 2 aromatic rings. The summed E-state index contributed by atoms with van der Waals surface area (Å²) >= 11 is 3.18. The molecule has 0 unspecified atom stereocenters. The zero-order valence-corrected chi connectivity index (χ0v) is 12.4. The highest BCUT2D eigenvalue weighted by molar-refractivity contribution is 9.10. The number of ether oxygens (including phenoxy) is 1. The minimum absolute atomic E-state index is 0.0506. The van der Waals surface area contributed by atoms with Gasteiger partial charge in [-0.15, -0.1) is 0 Å². The smallest absolute Gasteiger partial charge is 0.311 e. The van der Waals surface area contributed by atoms with E-state index in [1.165, 1.54) is 6.20 Å². The molecule has 0 bridgehead atoms. The molecule has 0 aliphatic heterocycles. The number of halogens is 2. The molecule has 0 aliphatic rings. The van der Waals surface area contributed by atoms with Crippen LogP contribution in [0.25, 0.3) is 0 Å². The summed E-state index contributed by atoms with van der Waals surface area (Å²) in [7, 11) is 0. The van der Waals surface area contributed by atoms with Crippen LogP contribution in [0.5, 0.6) is 11.6 Å². The fourth-order valence-electron chi connectivity index (χ4n) is 1.49. The van der Waals surface area contributed by atoms with Gasteiger partial charge in [0.1, 0.15) is 5.82 Å². The van der Waals surface area contributed by atoms with Crippen molar-refractivity contribution in [3.05, 3.63) is 44.8 Å². The van der Waals surface area contributed by atoms with Gasteiger partial charge in [0.15, 0.2) is 0 Å². The van der Waals surface area contributed by atoms with Gasteiger partial charge in [-0.2, -0.15) is 4.98 Å². The topological polar surface area (TPSA) is 90.2 Å². The molecule has 0 radical (unpaired) electrons. The Labute approximate surface area is 127 Å². The van der Waals surface area contributed by atoms with Crippen LogP contribution >= 0.6 is 15.9 Å². The second-order valence-electron chi connectivity index (χ2n) is 3.85. The molecule has 0 aliphatic carbocycles. The SMILES string of the molecule is CCNc1ncc(Br)c(Oc2cc(F)ccc2[N+](=O)[O-])n1. The average molecular weight is 357 g/mol. The highest BCUT2D eigenvalue weighted by Gasteiger charge is 2.18. The Balaban J connectivity index is 2.39. The van der Waals surface area contributed by atoms with Crippen LogP contribution in [0.1, 0.15) is 6.92 Å². The maximum atomic E-state index is 13.3. The number of anilines is 1. The predicted octanol–water partition coefficient (Wildman–Crippen LogP) is 3.51. The van der Waals surface area contributed by atoms with E-state index < -0.39 is 10.7 Å². The minimum atomic E-state index is -0.658. The maximum Gasteiger partial charge on any atom is 0.311 e. The predicted molar refractivity (Wildman–Crippen MR) is 77.0 cm³/mol. The lowest BCUT2D eigenvalue weighted by atomic mass is 10.3. The van der Waals surface area contributed by atoms with Gasteiger partial charge < -0.3 is 10.1 Å². The van der Waals surface area contributed by atoms with Crippen molar-refractivity contribution in [2.45, 2.75) is 6.92 Å². The zero-order chi connectivity index (χ0) is 15.4. The molecule has 1 heterocycles. The molecule has 0 fully saturated rings. The van der Waals surface area contributed by atoms with E-state index in [9.17, 15) is 14.5 Å². The first kappa shape index (κ1) is 15.1. The number of hydrogen-bond acceptors (Lipinski definition) is 6. The van der Waals surface area contributed by atoms with Crippen molar-refractivity contribution >= 4 is 27.6 Å². The normalized spacial score (nSPS) is 10.2. The highest BCUT2D eigenvalue weighted by atomic mass is 79.9. The molecule has 9 heteroatoms. The van der Waals surface area contributed by atoms with Crippen LogP contribution in [0.2, 0.25) is 0 Å². The standard InChI is InChI=1S/C12H10BrFN4O3/c1-2-15-12-16-6-8(13)11(17-12)21-10-5-7(14)3-4-9(10)18(19)20/h3-6H,2H2,1H3,(H,15,16,17). The lowest BCUT2D eigenvalue weighted by Crippen LogP contribution is -2.03. The second kappa shape index (κ2) is 6.44. The third-order valence-electron chi connectivity index (χ3n) is 2.37. The fraction of sp³-hybridized carbons (Fsp3) is 0.167. The third kappa shape index (κ3) is 3.63. The molecule has 0 saturated carbocycles. The first-order valence-corrected chi connectivity index (χ1v) is 6.68. The highest BCUT2D eigenvalue weighted by Crippen LogP contribution is 2.34. The largest absolute Gasteiger partial charge is 0.430 e. The second-order valence-corrected chi connectivity index (χ2v) is 4.70. The van der Waals surface area contributed by atoms with Gasteiger partial charge in [-0.25, -0.2) is 9.37 Å². The van der Waals surface area contributed by atoms with Crippen LogP contribution in [0.4, 0.5) is 16.0 Å². The van der Waals surface area contributed by atoms with Crippen molar-refractivity contribution in [1.82, 2.24) is 9.97 Å². The first-order valence-electron chi connectivity index (χ1n) is 5.89. The maximum absolute atomic E-state index is 13.3. The Kier molecular flexibility index (Phi) is 4.63. The fourth-order valence-corrected chi connectivity index (χ4v) is 1.76. The lowest BCUT2D eigenvalue weighted by Gasteiger charge is -2.09. The monoisotopic (exact) mass is 356 g/mol. The van der Waals surface area contributed by atoms with Gasteiger partial charge in [-0.3, -0.25) is 10.1 Å². The molecule has 0 atom stereocenters. The van der Waals surface area contributed by atoms with Crippen LogP contribution in [0.15, 0.2) is 28.9 Å². The van der Waals surface area contributed by atoms with E-state index in [-0.39, 0.29) is 17.3 Å². The molecule has 21 heavy (non-hydrogen) atoms. The van der Waals surface area contributed by atoms with Gasteiger partial charge in [0.25, 0.3) is 0 Å². The molecule has 1 N–H and O–H groups in total. The van der Waals surface area contributed by atoms with E-state index >= 15 is 0 Å². The van der Waals surface area contributed by atoms with Crippen LogP contribution in [-0.2, 0) is 0 Å². The summed E-state index contributed by atoms with van der Waals surface area (Å²) in [4.78, 5) is 18.3. The Morgan fingerprint density at radius 1 is 1.52 bits per heavy atom. The average Bonchev–Trinajstić information content (AvgIpc) is 2.42. The summed E-state index contributed by atoms with van der Waals surface area (Å²) in [6, 6.07) is 2.95. The molecule has 2 rings (SSSR count). The number of rotatable bonds is 5. The molecular weight excluding hydrogens is 347 g/mol. The summed E-state index contributed by atoms with van der Waals surface area (Å²) < 4.78 is 19.0. The van der Waals surface area contributed by atoms with Crippen LogP contribution in [-0.4, -0.2) is 21.4 Å². The van der Waals surface area contributed by atoms with Crippen molar-refractivity contribution in [2.75, 3.05) is 11.9 Å². The summed E-state index contributed by atoms with van der Waals surface area (Å²) in [6.45, 7) is 2.46. The molecular formula is C12H10BrFN4O3. The number of hydrogen-bond donors (Lipinski definition) is 1. The van der Waals surface area contributed by atoms with Crippen LogP contribution in [0, 0.1) is 15.9 Å². The Morgan fingerprint density at radius 3 is 2.95 bits per heavy atom. The summed E-state index contributed by atoms with van der Waals surface area (Å²) in [5.74, 6) is -0.529. The first-order chi connectivity index (χ1) is 10.0. The van der Waals surface area contributed by atoms with E-state index in [4.69, 9.17) is 4.74 Å². The van der Waals surface area contributed by atoms with Crippen molar-refractivity contribution < 1.29 is 14.1 Å². The van der Waals surface area contributed by atoms with Crippen molar-refractivity contribution in [2.24, 2.45) is 0 Å². The molecule has 0 amide bonds. The van der Waals surface area contributed by atoms with Crippen LogP contribution < -0.4 is 10.1 Å². The van der Waals surface area contributed by atoms with Crippen molar-refractivity contribution in [3.63, 3.8) is 0 Å². The summed E-state index contributed by atoms with van der Waals surface area (Å²) in [5, 5.41) is 13.8. The van der Waals surface area contributed by atoms with Crippen molar-refractivity contribution in [1.29, 1.82) is 0 Å². The quantitative estimate of drug-likeness (QED) is 0.651. The zero-order valence-electron chi connectivity index (χ0n) is 10.8. The van der Waals surface area contributed by atoms with Gasteiger partial charge in [-0.05, 0) is 28.9 Å². The molecule has 0 spiro atoms. The van der Waals surface area contributed by atoms with Gasteiger partial charge in [0, 0.05) is 18.7 Å². The molecule has 1 aromatic carbocycles. The molecule has 0 saturated heterocycles. The van der Waals surface area contributed by atoms with Gasteiger partial charge >= 0.3 is 5.69 Å².